The molecule has 5 aromatic rings. The second-order valence-corrected chi connectivity index (χ2v) is 18.9. The molecule has 5 aromatic carbocycles. The molecular formula is C56H62FN5O4. The maximum atomic E-state index is 14.2. The Morgan fingerprint density at radius 3 is 1.29 bits per heavy atom. The van der Waals surface area contributed by atoms with Gasteiger partial charge in [0.15, 0.2) is 0 Å². The van der Waals surface area contributed by atoms with Crippen LogP contribution in [0.5, 0.6) is 0 Å². The lowest BCUT2D eigenvalue weighted by Gasteiger charge is -2.31. The van der Waals surface area contributed by atoms with E-state index in [0.29, 0.717) is 62.2 Å². The van der Waals surface area contributed by atoms with Crippen LogP contribution in [0.3, 0.4) is 0 Å². The summed E-state index contributed by atoms with van der Waals surface area (Å²) in [5.74, 6) is -0.365. The zero-order chi connectivity index (χ0) is 45.4. The predicted molar refractivity (Wildman–Crippen MR) is 258 cm³/mol. The van der Waals surface area contributed by atoms with Gasteiger partial charge in [0.1, 0.15) is 17.9 Å². The topological polar surface area (TPSA) is 102 Å². The van der Waals surface area contributed by atoms with Gasteiger partial charge >= 0.3 is 0 Å². The van der Waals surface area contributed by atoms with E-state index in [-0.39, 0.29) is 41.3 Å². The largest absolute Gasteiger partial charge is 0.363 e. The molecule has 0 radical (unpaired) electrons. The molecule has 0 bridgehead atoms. The summed E-state index contributed by atoms with van der Waals surface area (Å²) < 4.78 is 14.1. The summed E-state index contributed by atoms with van der Waals surface area (Å²) >= 11 is 0. The average molecular weight is 888 g/mol. The normalized spacial score (nSPS) is 19.7. The minimum absolute atomic E-state index is 0.0666. The number of nitrogens with zero attached hydrogens (tertiary/aromatic N) is 3. The molecule has 2 aliphatic heterocycles. The molecule has 2 unspecified atom stereocenters. The molecule has 0 aromatic heterocycles. The van der Waals surface area contributed by atoms with Crippen molar-refractivity contribution >= 4 is 40.7 Å². The quantitative estimate of drug-likeness (QED) is 0.109. The zero-order valence-electron chi connectivity index (χ0n) is 37.8. The molecule has 2 heterocycles. The molecule has 9 rings (SSSR count). The van der Waals surface area contributed by atoms with E-state index in [2.05, 4.69) is 39.8 Å². The smallest absolute Gasteiger partial charge is 0.247 e. The lowest BCUT2D eigenvalue weighted by Crippen LogP contribution is -2.46. The Labute approximate surface area is 388 Å². The van der Waals surface area contributed by atoms with E-state index >= 15 is 0 Å². The lowest BCUT2D eigenvalue weighted by molar-refractivity contribution is -0.139. The van der Waals surface area contributed by atoms with Crippen LogP contribution in [0, 0.1) is 17.7 Å². The van der Waals surface area contributed by atoms with E-state index in [0.717, 1.165) is 92.1 Å². The maximum absolute atomic E-state index is 14.2. The first-order valence-electron chi connectivity index (χ1n) is 24.3. The van der Waals surface area contributed by atoms with Crippen molar-refractivity contribution in [1.29, 1.82) is 0 Å². The van der Waals surface area contributed by atoms with Gasteiger partial charge in [-0.3, -0.25) is 19.2 Å². The van der Waals surface area contributed by atoms with Gasteiger partial charge in [0.05, 0.1) is 11.8 Å². The summed E-state index contributed by atoms with van der Waals surface area (Å²) in [6.07, 6.45) is 11.6. The number of hydrogen-bond acceptors (Lipinski definition) is 5. The van der Waals surface area contributed by atoms with E-state index < -0.39 is 12.1 Å². The highest BCUT2D eigenvalue weighted by Crippen LogP contribution is 2.41. The molecule has 342 valence electrons. The van der Waals surface area contributed by atoms with Crippen molar-refractivity contribution in [1.82, 2.24) is 9.80 Å². The molecule has 10 heteroatoms. The zero-order valence-corrected chi connectivity index (χ0v) is 37.8. The highest BCUT2D eigenvalue weighted by atomic mass is 19.1. The molecule has 66 heavy (non-hydrogen) atoms. The lowest BCUT2D eigenvalue weighted by atomic mass is 9.83. The van der Waals surface area contributed by atoms with Crippen molar-refractivity contribution in [2.24, 2.45) is 11.8 Å². The third-order valence-corrected chi connectivity index (χ3v) is 14.7. The van der Waals surface area contributed by atoms with Crippen molar-refractivity contribution in [3.8, 4) is 0 Å². The van der Waals surface area contributed by atoms with E-state index in [1.807, 2.05) is 94.7 Å². The summed E-state index contributed by atoms with van der Waals surface area (Å²) in [4.78, 5) is 61.9. The summed E-state index contributed by atoms with van der Waals surface area (Å²) in [7, 11) is 0. The first-order chi connectivity index (χ1) is 32.3. The maximum Gasteiger partial charge on any atom is 0.247 e. The molecular weight excluding hydrogens is 826 g/mol. The van der Waals surface area contributed by atoms with Crippen molar-refractivity contribution in [3.05, 3.63) is 162 Å². The van der Waals surface area contributed by atoms with Gasteiger partial charge in [-0.2, -0.15) is 0 Å². The second-order valence-electron chi connectivity index (χ2n) is 18.9. The minimum atomic E-state index is -0.515. The van der Waals surface area contributed by atoms with Crippen LogP contribution in [0.4, 0.5) is 21.5 Å². The number of likely N-dealkylation sites (tertiary alicyclic amines) is 2. The van der Waals surface area contributed by atoms with Gasteiger partial charge in [0.25, 0.3) is 0 Å². The highest BCUT2D eigenvalue weighted by molar-refractivity contribution is 5.99. The number of anilines is 3. The average Bonchev–Trinajstić information content (AvgIpc) is 4.21. The van der Waals surface area contributed by atoms with Gasteiger partial charge in [-0.25, -0.2) is 4.39 Å². The number of rotatable bonds is 15. The fourth-order valence-electron chi connectivity index (χ4n) is 11.3. The van der Waals surface area contributed by atoms with E-state index in [9.17, 15) is 23.6 Å². The summed E-state index contributed by atoms with van der Waals surface area (Å²) in [5, 5.41) is 6.21. The highest BCUT2D eigenvalue weighted by Gasteiger charge is 2.42. The van der Waals surface area contributed by atoms with E-state index in [1.165, 1.54) is 12.1 Å². The Balaban J connectivity index is 0.831. The van der Waals surface area contributed by atoms with E-state index in [1.54, 1.807) is 12.1 Å². The van der Waals surface area contributed by atoms with Crippen molar-refractivity contribution in [2.75, 3.05) is 28.6 Å². The van der Waals surface area contributed by atoms with Gasteiger partial charge in [-0.05, 0) is 134 Å². The molecule has 2 saturated carbocycles. The number of nitrogens with one attached hydrogen (secondary N) is 2. The Morgan fingerprint density at radius 2 is 0.894 bits per heavy atom. The Bertz CT molecular complexity index is 2270. The summed E-state index contributed by atoms with van der Waals surface area (Å²) in [6, 6.07) is 41.1. The first kappa shape index (κ1) is 44.9. The van der Waals surface area contributed by atoms with Crippen LogP contribution in [-0.2, 0) is 32.3 Å². The molecule has 4 aliphatic rings. The molecule has 4 amide bonds. The SMILES string of the molecule is O=C(Nc1ccc(CN(Cc2ccc(NC(=O)[C@@H]3CCCN3C(=O)[C@H](c3ccccc3)C3CCCC3)cc2)c2ccc(F)cc2)cc1)C1CCCN1C(=O)C(c1ccccc1)C1CCCC1. The number of carbonyl (C=O) groups is 4. The monoisotopic (exact) mass is 887 g/mol. The van der Waals surface area contributed by atoms with Crippen LogP contribution in [0.25, 0.3) is 0 Å². The van der Waals surface area contributed by atoms with Crippen LogP contribution >= 0.6 is 0 Å². The third-order valence-electron chi connectivity index (χ3n) is 14.7. The van der Waals surface area contributed by atoms with Gasteiger partial charge in [-0.15, -0.1) is 0 Å². The molecule has 4 fully saturated rings. The third kappa shape index (κ3) is 10.4. The van der Waals surface area contributed by atoms with Crippen molar-refractivity contribution in [2.45, 2.75) is 114 Å². The van der Waals surface area contributed by atoms with Gasteiger partial charge in [-0.1, -0.05) is 111 Å². The van der Waals surface area contributed by atoms with E-state index in [4.69, 9.17) is 0 Å². The standard InChI is InChI=1S/C56H62FN5O4/c57-45-27-33-48(34-28-45)60(37-39-23-29-46(30-24-39)58-53(63)49-21-11-35-61(49)55(65)51(43-17-7-8-18-43)41-13-3-1-4-14-41)38-40-25-31-47(32-26-40)59-54(64)50-22-12-36-62(50)56(66)52(44-19-9-10-20-44)42-15-5-2-6-16-42/h1-6,13-16,23-34,43-44,49-52H,7-12,17-22,35-38H2,(H,58,63)(H,59,64)/t49-,50?,51+,52?/m0/s1. The van der Waals surface area contributed by atoms with Crippen molar-refractivity contribution < 1.29 is 23.6 Å². The first-order valence-corrected chi connectivity index (χ1v) is 24.3. The molecule has 9 nitrogen and oxygen atoms in total. The van der Waals surface area contributed by atoms with Crippen molar-refractivity contribution in [3.63, 3.8) is 0 Å². The number of halogens is 1. The summed E-state index contributed by atoms with van der Waals surface area (Å²) in [6.45, 7) is 2.20. The molecule has 2 saturated heterocycles. The van der Waals surface area contributed by atoms with Gasteiger partial charge in [0, 0.05) is 43.2 Å². The van der Waals surface area contributed by atoms with Crippen LogP contribution in [-0.4, -0.2) is 58.6 Å². The second kappa shape index (κ2) is 20.9. The Morgan fingerprint density at radius 1 is 0.500 bits per heavy atom. The van der Waals surface area contributed by atoms with Gasteiger partial charge in [0.2, 0.25) is 23.6 Å². The Hall–Kier alpha value is -6.29. The van der Waals surface area contributed by atoms with Crippen LogP contribution < -0.4 is 15.5 Å². The molecule has 2 aliphatic carbocycles. The fourth-order valence-corrected chi connectivity index (χ4v) is 11.3. The molecule has 4 atom stereocenters. The van der Waals surface area contributed by atoms with Crippen LogP contribution in [0.2, 0.25) is 0 Å². The van der Waals surface area contributed by atoms with Gasteiger partial charge < -0.3 is 25.3 Å². The van der Waals surface area contributed by atoms with Crippen LogP contribution in [0.1, 0.15) is 111 Å². The molecule has 2 N–H and O–H groups in total. The fraction of sp³-hybridized carbons (Fsp3) is 0.393. The number of benzene rings is 5. The summed E-state index contributed by atoms with van der Waals surface area (Å²) in [5.41, 5.74) is 6.26. The minimum Gasteiger partial charge on any atom is -0.363 e. The predicted octanol–water partition coefficient (Wildman–Crippen LogP) is 10.8. The van der Waals surface area contributed by atoms with Crippen LogP contribution in [0.15, 0.2) is 133 Å². The number of hydrogen-bond donors (Lipinski definition) is 2. The number of carbonyl (C=O) groups excluding carboxylic acids is 4. The molecule has 0 spiro atoms. The Kier molecular flexibility index (Phi) is 14.2. The number of amides is 4.